The normalized spacial score (nSPS) is 17.7. The van der Waals surface area contributed by atoms with Gasteiger partial charge in [-0.2, -0.15) is 0 Å². The molecule has 4 N–H and O–H groups in total. The topological polar surface area (TPSA) is 187 Å². The van der Waals surface area contributed by atoms with Crippen LogP contribution in [0, 0.1) is 0 Å². The van der Waals surface area contributed by atoms with Gasteiger partial charge in [0.25, 0.3) is 11.8 Å². The number of ether oxygens (including phenoxy) is 2. The summed E-state index contributed by atoms with van der Waals surface area (Å²) in [5, 5.41) is 11.2. The quantitative estimate of drug-likeness (QED) is 0.116. The van der Waals surface area contributed by atoms with Crippen LogP contribution in [-0.4, -0.2) is 116 Å². The van der Waals surface area contributed by atoms with Crippen molar-refractivity contribution in [3.05, 3.63) is 70.7 Å². The predicted molar refractivity (Wildman–Crippen MR) is 215 cm³/mol. The number of nitrogens with one attached hydrogen (secondary N) is 4. The van der Waals surface area contributed by atoms with Gasteiger partial charge in [-0.05, 0) is 51.0 Å². The van der Waals surface area contributed by atoms with Crippen molar-refractivity contribution in [3.63, 3.8) is 0 Å². The van der Waals surface area contributed by atoms with Gasteiger partial charge < -0.3 is 40.1 Å². The van der Waals surface area contributed by atoms with E-state index in [1.54, 1.807) is 37.4 Å². The maximum atomic E-state index is 13.1. The van der Waals surface area contributed by atoms with Gasteiger partial charge in [0.05, 0.1) is 32.2 Å². The lowest BCUT2D eigenvalue weighted by atomic mass is 10.0. The number of carbonyl (C=O) groups excluding carboxylic acids is 5. The van der Waals surface area contributed by atoms with Crippen molar-refractivity contribution in [1.82, 2.24) is 30.8 Å². The molecule has 0 radical (unpaired) electrons. The summed E-state index contributed by atoms with van der Waals surface area (Å²) in [6, 6.07) is 10.4. The maximum Gasteiger partial charge on any atom is 0.255 e. The average molecular weight is 784 g/mol. The van der Waals surface area contributed by atoms with Gasteiger partial charge in [-0.1, -0.05) is 19.1 Å². The van der Waals surface area contributed by atoms with Crippen molar-refractivity contribution < 1.29 is 33.4 Å². The van der Waals surface area contributed by atoms with Crippen molar-refractivity contribution >= 4 is 46.7 Å². The van der Waals surface area contributed by atoms with E-state index in [0.717, 1.165) is 30.0 Å². The summed E-state index contributed by atoms with van der Waals surface area (Å²) in [6.07, 6.45) is 4.01. The summed E-state index contributed by atoms with van der Waals surface area (Å²) in [5.74, 6) is 0.634. The van der Waals surface area contributed by atoms with Crippen LogP contribution in [0.25, 0.3) is 0 Å². The SMILES string of the molecule is CC[C@@H]1CN(C)c2cnc(Cc3ccc(C(=O)NCCOCCNCCC(=O)Nc4cccc5c4CN(C4CCC(=O)NC4=O)C5=O)cc3OC)nc2N1C(C)C. The minimum absolute atomic E-state index is 0.171. The van der Waals surface area contributed by atoms with Crippen LogP contribution in [0.1, 0.15) is 84.1 Å². The molecule has 6 rings (SSSR count). The number of carbonyl (C=O) groups is 5. The van der Waals surface area contributed by atoms with Gasteiger partial charge in [-0.25, -0.2) is 9.97 Å². The number of anilines is 3. The number of amides is 5. The molecule has 3 aliphatic rings. The highest BCUT2D eigenvalue weighted by Gasteiger charge is 2.40. The number of rotatable bonds is 17. The van der Waals surface area contributed by atoms with Gasteiger partial charge in [0, 0.05) is 99.1 Å². The van der Waals surface area contributed by atoms with E-state index in [2.05, 4.69) is 63.9 Å². The Morgan fingerprint density at radius 3 is 2.63 bits per heavy atom. The number of piperidine rings is 1. The molecule has 1 unspecified atom stereocenters. The van der Waals surface area contributed by atoms with Gasteiger partial charge in [-0.15, -0.1) is 0 Å². The monoisotopic (exact) mass is 783 g/mol. The lowest BCUT2D eigenvalue weighted by Gasteiger charge is -2.44. The van der Waals surface area contributed by atoms with Crippen LogP contribution in [0.3, 0.4) is 0 Å². The van der Waals surface area contributed by atoms with Crippen LogP contribution in [-0.2, 0) is 32.1 Å². The standard InChI is InChI=1S/C41H53N9O7/c1-6-28-23-48(4)33-22-44-35(46-38(33)50(28)25(2)3)21-26-10-11-27(20-34(26)56-5)39(53)43-17-19-57-18-16-42-15-14-37(52)45-31-9-7-8-29-30(31)24-49(41(29)55)32-12-13-36(51)47-40(32)54/h7-11,20,22,25,28,32,42H,6,12-19,21,23-24H2,1-5H3,(H,43,53)(H,45,52)(H,47,51,54)/t28-,32?/m1/s1. The molecule has 4 heterocycles. The summed E-state index contributed by atoms with van der Waals surface area (Å²) in [6.45, 7) is 9.63. The van der Waals surface area contributed by atoms with Gasteiger partial charge in [0.2, 0.25) is 17.7 Å². The van der Waals surface area contributed by atoms with Crippen LogP contribution in [0.4, 0.5) is 17.2 Å². The Hall–Kier alpha value is -5.61. The minimum atomic E-state index is -0.725. The zero-order valence-electron chi connectivity index (χ0n) is 33.4. The van der Waals surface area contributed by atoms with E-state index < -0.39 is 11.9 Å². The first-order chi connectivity index (χ1) is 27.5. The average Bonchev–Trinajstić information content (AvgIpc) is 3.53. The molecule has 0 saturated carbocycles. The summed E-state index contributed by atoms with van der Waals surface area (Å²) in [7, 11) is 3.67. The molecule has 304 valence electrons. The summed E-state index contributed by atoms with van der Waals surface area (Å²) < 4.78 is 11.3. The summed E-state index contributed by atoms with van der Waals surface area (Å²) >= 11 is 0. The fourth-order valence-electron chi connectivity index (χ4n) is 7.64. The number of aromatic nitrogens is 2. The molecule has 0 aliphatic carbocycles. The van der Waals surface area contributed by atoms with Crippen LogP contribution in [0.5, 0.6) is 5.75 Å². The highest BCUT2D eigenvalue weighted by Crippen LogP contribution is 2.36. The molecular formula is C41H53N9O7. The number of hydrogen-bond acceptors (Lipinski definition) is 12. The van der Waals surface area contributed by atoms with Crippen LogP contribution in [0.2, 0.25) is 0 Å². The number of imide groups is 1. The molecule has 0 spiro atoms. The van der Waals surface area contributed by atoms with Crippen LogP contribution in [0.15, 0.2) is 42.6 Å². The molecule has 1 fully saturated rings. The third kappa shape index (κ3) is 9.51. The number of hydrogen-bond donors (Lipinski definition) is 4. The van der Waals surface area contributed by atoms with E-state index in [1.165, 1.54) is 4.90 Å². The van der Waals surface area contributed by atoms with Gasteiger partial charge in [0.15, 0.2) is 5.82 Å². The summed E-state index contributed by atoms with van der Waals surface area (Å²) in [4.78, 5) is 78.4. The number of likely N-dealkylation sites (N-methyl/N-ethyl adjacent to an activating group) is 1. The Morgan fingerprint density at radius 1 is 1.07 bits per heavy atom. The molecular weight excluding hydrogens is 731 g/mol. The van der Waals surface area contributed by atoms with E-state index in [0.29, 0.717) is 85.3 Å². The third-order valence-corrected chi connectivity index (χ3v) is 10.6. The second-order valence-corrected chi connectivity index (χ2v) is 14.8. The van der Waals surface area contributed by atoms with Gasteiger partial charge in [0.1, 0.15) is 17.6 Å². The smallest absolute Gasteiger partial charge is 0.255 e. The lowest BCUT2D eigenvalue weighted by molar-refractivity contribution is -0.137. The summed E-state index contributed by atoms with van der Waals surface area (Å²) in [5.41, 5.74) is 3.99. The van der Waals surface area contributed by atoms with Gasteiger partial charge >= 0.3 is 0 Å². The zero-order valence-corrected chi connectivity index (χ0v) is 33.4. The fourth-order valence-corrected chi connectivity index (χ4v) is 7.64. The highest BCUT2D eigenvalue weighted by atomic mass is 16.5. The first kappa shape index (κ1) is 41.0. The van der Waals surface area contributed by atoms with Crippen LogP contribution >= 0.6 is 0 Å². The van der Waals surface area contributed by atoms with Crippen LogP contribution < -0.4 is 35.8 Å². The minimum Gasteiger partial charge on any atom is -0.496 e. The first-order valence-corrected chi connectivity index (χ1v) is 19.6. The van der Waals surface area contributed by atoms with Crippen molar-refractivity contribution in [3.8, 4) is 5.75 Å². The fraction of sp³-hybridized carbons (Fsp3) is 0.488. The highest BCUT2D eigenvalue weighted by molar-refractivity contribution is 6.06. The van der Waals surface area contributed by atoms with Crippen molar-refractivity contribution in [1.29, 1.82) is 0 Å². The molecule has 5 amide bonds. The second-order valence-electron chi connectivity index (χ2n) is 14.8. The molecule has 0 bridgehead atoms. The molecule has 2 atom stereocenters. The lowest BCUT2D eigenvalue weighted by Crippen LogP contribution is -2.52. The Morgan fingerprint density at radius 2 is 1.88 bits per heavy atom. The second kappa shape index (κ2) is 18.6. The molecule has 2 aromatic carbocycles. The first-order valence-electron chi connectivity index (χ1n) is 19.6. The number of fused-ring (bicyclic) bond motifs is 2. The zero-order chi connectivity index (χ0) is 40.6. The van der Waals surface area contributed by atoms with E-state index in [-0.39, 0.29) is 49.4 Å². The van der Waals surface area contributed by atoms with Crippen molar-refractivity contribution in [2.45, 2.75) is 77.5 Å². The number of benzene rings is 2. The number of nitrogens with zero attached hydrogens (tertiary/aromatic N) is 5. The third-order valence-electron chi connectivity index (χ3n) is 10.6. The molecule has 16 heteroatoms. The van der Waals surface area contributed by atoms with E-state index in [9.17, 15) is 24.0 Å². The molecule has 1 saturated heterocycles. The van der Waals surface area contributed by atoms with E-state index in [4.69, 9.17) is 14.5 Å². The molecule has 57 heavy (non-hydrogen) atoms. The molecule has 3 aromatic rings. The molecule has 3 aliphatic heterocycles. The predicted octanol–water partition coefficient (Wildman–Crippen LogP) is 2.65. The Balaban J connectivity index is 0.890. The Kier molecular flexibility index (Phi) is 13.4. The molecule has 16 nitrogen and oxygen atoms in total. The number of methoxy groups -OCH3 is 1. The largest absolute Gasteiger partial charge is 0.496 e. The van der Waals surface area contributed by atoms with Crippen molar-refractivity contribution in [2.24, 2.45) is 0 Å². The van der Waals surface area contributed by atoms with Crippen molar-refractivity contribution in [2.75, 3.05) is 68.7 Å². The van der Waals surface area contributed by atoms with E-state index in [1.807, 2.05) is 12.3 Å². The Labute approximate surface area is 333 Å². The van der Waals surface area contributed by atoms with Gasteiger partial charge in [-0.3, -0.25) is 29.3 Å². The Bertz CT molecular complexity index is 1990. The van der Waals surface area contributed by atoms with E-state index >= 15 is 0 Å². The maximum absolute atomic E-state index is 13.1. The molecule has 1 aromatic heterocycles.